The van der Waals surface area contributed by atoms with Crippen molar-refractivity contribution in [1.29, 1.82) is 0 Å². The Kier molecular flexibility index (Phi) is 5.05. The number of rotatable bonds is 6. The smallest absolute Gasteiger partial charge is 0.0507 e. The van der Waals surface area contributed by atoms with Crippen molar-refractivity contribution in [2.24, 2.45) is 0 Å². The second-order valence-electron chi connectivity index (χ2n) is 3.60. The van der Waals surface area contributed by atoms with E-state index in [0.29, 0.717) is 0 Å². The van der Waals surface area contributed by atoms with E-state index in [0.717, 1.165) is 19.4 Å². The molecular weight excluding hydrogens is 184 g/mol. The van der Waals surface area contributed by atoms with Crippen molar-refractivity contribution in [3.05, 3.63) is 42.2 Å². The molecule has 0 bridgehead atoms. The molecule has 0 saturated carbocycles. The first-order chi connectivity index (χ1) is 7.33. The van der Waals surface area contributed by atoms with Crippen LogP contribution < -0.4 is 5.32 Å². The van der Waals surface area contributed by atoms with E-state index >= 15 is 0 Å². The minimum Gasteiger partial charge on any atom is -0.307 e. The molecule has 1 heterocycles. The van der Waals surface area contributed by atoms with Gasteiger partial charge in [-0.15, -0.1) is 6.58 Å². The molecule has 0 amide bonds. The zero-order valence-electron chi connectivity index (χ0n) is 9.66. The Bertz CT molecular complexity index is 307. The Morgan fingerprint density at radius 2 is 2.33 bits per heavy atom. The summed E-state index contributed by atoms with van der Waals surface area (Å²) in [7, 11) is 0. The highest BCUT2D eigenvalue weighted by Crippen LogP contribution is 2.18. The van der Waals surface area contributed by atoms with Crippen LogP contribution >= 0.6 is 0 Å². The maximum absolute atomic E-state index is 4.15. The third-order valence-electron chi connectivity index (χ3n) is 2.51. The second-order valence-corrected chi connectivity index (χ2v) is 3.60. The highest BCUT2D eigenvalue weighted by atomic mass is 14.9. The van der Waals surface area contributed by atoms with Crippen molar-refractivity contribution in [1.82, 2.24) is 10.3 Å². The fraction of sp³-hybridized carbons (Fsp3) is 0.462. The first-order valence-corrected chi connectivity index (χ1v) is 5.62. The Labute approximate surface area is 92.4 Å². The number of aryl methyl sites for hydroxylation is 1. The highest BCUT2D eigenvalue weighted by Gasteiger charge is 2.09. The van der Waals surface area contributed by atoms with Gasteiger partial charge >= 0.3 is 0 Å². The first-order valence-electron chi connectivity index (χ1n) is 5.62. The van der Waals surface area contributed by atoms with Gasteiger partial charge in [-0.2, -0.15) is 0 Å². The average Bonchev–Trinajstić information content (AvgIpc) is 2.30. The molecule has 0 aliphatic rings. The van der Waals surface area contributed by atoms with Gasteiger partial charge in [0.1, 0.15) is 0 Å². The van der Waals surface area contributed by atoms with Gasteiger partial charge in [0.2, 0.25) is 0 Å². The zero-order chi connectivity index (χ0) is 11.1. The van der Waals surface area contributed by atoms with Crippen LogP contribution in [0, 0.1) is 0 Å². The summed E-state index contributed by atoms with van der Waals surface area (Å²) in [4.78, 5) is 4.15. The highest BCUT2D eigenvalue weighted by molar-refractivity contribution is 5.29. The summed E-state index contributed by atoms with van der Waals surface area (Å²) < 4.78 is 0. The van der Waals surface area contributed by atoms with Gasteiger partial charge in [-0.1, -0.05) is 19.9 Å². The van der Waals surface area contributed by atoms with Crippen molar-refractivity contribution in [3.63, 3.8) is 0 Å². The number of nitrogens with one attached hydrogen (secondary N) is 1. The largest absolute Gasteiger partial charge is 0.307 e. The van der Waals surface area contributed by atoms with Gasteiger partial charge in [0.05, 0.1) is 6.04 Å². The molecule has 1 aromatic heterocycles. The summed E-state index contributed by atoms with van der Waals surface area (Å²) in [5, 5.41) is 3.46. The molecular formula is C13H20N2. The number of hydrogen-bond acceptors (Lipinski definition) is 2. The third-order valence-corrected chi connectivity index (χ3v) is 2.51. The summed E-state index contributed by atoms with van der Waals surface area (Å²) in [6.45, 7) is 9.22. The molecule has 0 aliphatic carbocycles. The standard InChI is InChI=1S/C13H20N2/c1-4-8-15-13(6-3)12-7-9-14-10-11(12)5-2/h6-7,9-10,13,15H,3-5,8H2,1-2H3. The van der Waals surface area contributed by atoms with Crippen molar-refractivity contribution in [2.75, 3.05) is 6.54 Å². The van der Waals surface area contributed by atoms with Gasteiger partial charge in [-0.05, 0) is 36.6 Å². The van der Waals surface area contributed by atoms with E-state index in [1.165, 1.54) is 11.1 Å². The van der Waals surface area contributed by atoms with Crippen LogP contribution in [0.5, 0.6) is 0 Å². The fourth-order valence-corrected chi connectivity index (χ4v) is 1.66. The zero-order valence-corrected chi connectivity index (χ0v) is 9.66. The predicted octanol–water partition coefficient (Wildman–Crippen LogP) is 2.87. The lowest BCUT2D eigenvalue weighted by molar-refractivity contribution is 0.609. The van der Waals surface area contributed by atoms with E-state index in [2.05, 4.69) is 36.8 Å². The molecule has 15 heavy (non-hydrogen) atoms. The lowest BCUT2D eigenvalue weighted by atomic mass is 10.0. The second kappa shape index (κ2) is 6.36. The molecule has 1 unspecified atom stereocenters. The quantitative estimate of drug-likeness (QED) is 0.721. The SMILES string of the molecule is C=CC(NCCC)c1ccncc1CC. The van der Waals surface area contributed by atoms with Crippen LogP contribution in [0.1, 0.15) is 37.4 Å². The van der Waals surface area contributed by atoms with Crippen molar-refractivity contribution >= 4 is 0 Å². The maximum atomic E-state index is 4.15. The number of nitrogens with zero attached hydrogens (tertiary/aromatic N) is 1. The molecule has 0 saturated heterocycles. The number of pyridine rings is 1. The van der Waals surface area contributed by atoms with Crippen LogP contribution in [0.25, 0.3) is 0 Å². The Balaban J connectivity index is 2.85. The first kappa shape index (κ1) is 11.9. The topological polar surface area (TPSA) is 24.9 Å². The van der Waals surface area contributed by atoms with Crippen LogP contribution in [0.4, 0.5) is 0 Å². The van der Waals surface area contributed by atoms with Gasteiger partial charge < -0.3 is 5.32 Å². The van der Waals surface area contributed by atoms with Crippen LogP contribution in [0.2, 0.25) is 0 Å². The lowest BCUT2D eigenvalue weighted by Gasteiger charge is -2.17. The average molecular weight is 204 g/mol. The van der Waals surface area contributed by atoms with E-state index in [4.69, 9.17) is 0 Å². The number of hydrogen-bond donors (Lipinski definition) is 1. The molecule has 0 aromatic carbocycles. The van der Waals surface area contributed by atoms with Crippen molar-refractivity contribution in [2.45, 2.75) is 32.7 Å². The molecule has 2 heteroatoms. The normalized spacial score (nSPS) is 12.4. The molecule has 1 N–H and O–H groups in total. The molecule has 1 atom stereocenters. The van der Waals surface area contributed by atoms with Gasteiger partial charge in [0.15, 0.2) is 0 Å². The van der Waals surface area contributed by atoms with Crippen molar-refractivity contribution < 1.29 is 0 Å². The third kappa shape index (κ3) is 3.17. The van der Waals surface area contributed by atoms with E-state index in [9.17, 15) is 0 Å². The summed E-state index contributed by atoms with van der Waals surface area (Å²) in [5.41, 5.74) is 2.60. The van der Waals surface area contributed by atoms with Gasteiger partial charge in [0, 0.05) is 12.4 Å². The monoisotopic (exact) mass is 204 g/mol. The molecule has 1 aromatic rings. The molecule has 0 radical (unpaired) electrons. The molecule has 1 rings (SSSR count). The number of aromatic nitrogens is 1. The summed E-state index contributed by atoms with van der Waals surface area (Å²) in [6.07, 6.45) is 7.90. The van der Waals surface area contributed by atoms with Crippen molar-refractivity contribution in [3.8, 4) is 0 Å². The van der Waals surface area contributed by atoms with Gasteiger partial charge in [-0.3, -0.25) is 4.98 Å². The van der Waals surface area contributed by atoms with E-state index in [1.807, 2.05) is 18.5 Å². The summed E-state index contributed by atoms with van der Waals surface area (Å²) in [5.74, 6) is 0. The van der Waals surface area contributed by atoms with E-state index in [-0.39, 0.29) is 6.04 Å². The van der Waals surface area contributed by atoms with E-state index in [1.54, 1.807) is 0 Å². The Morgan fingerprint density at radius 1 is 1.53 bits per heavy atom. The summed E-state index contributed by atoms with van der Waals surface area (Å²) >= 11 is 0. The molecule has 0 aliphatic heterocycles. The molecule has 2 nitrogen and oxygen atoms in total. The molecule has 82 valence electrons. The van der Waals surface area contributed by atoms with Crippen LogP contribution in [-0.2, 0) is 6.42 Å². The van der Waals surface area contributed by atoms with Crippen LogP contribution in [0.15, 0.2) is 31.1 Å². The lowest BCUT2D eigenvalue weighted by Crippen LogP contribution is -2.21. The van der Waals surface area contributed by atoms with Gasteiger partial charge in [0.25, 0.3) is 0 Å². The molecule has 0 spiro atoms. The van der Waals surface area contributed by atoms with Crippen LogP contribution in [-0.4, -0.2) is 11.5 Å². The Morgan fingerprint density at radius 3 is 2.93 bits per heavy atom. The fourth-order valence-electron chi connectivity index (χ4n) is 1.66. The Hall–Kier alpha value is -1.15. The minimum absolute atomic E-state index is 0.253. The van der Waals surface area contributed by atoms with Crippen LogP contribution in [0.3, 0.4) is 0 Å². The maximum Gasteiger partial charge on any atom is 0.0507 e. The van der Waals surface area contributed by atoms with E-state index < -0.39 is 0 Å². The van der Waals surface area contributed by atoms with Gasteiger partial charge in [-0.25, -0.2) is 0 Å². The summed E-state index contributed by atoms with van der Waals surface area (Å²) in [6, 6.07) is 2.33. The molecule has 0 fully saturated rings. The predicted molar refractivity (Wildman–Crippen MR) is 64.8 cm³/mol. The minimum atomic E-state index is 0.253.